The molecule has 0 fully saturated rings. The lowest BCUT2D eigenvalue weighted by Gasteiger charge is -2.17. The minimum Gasteiger partial charge on any atom is -0.497 e. The van der Waals surface area contributed by atoms with Crippen LogP contribution in [0.2, 0.25) is 0 Å². The van der Waals surface area contributed by atoms with Crippen LogP contribution in [0.4, 0.5) is 5.69 Å². The molecular weight excluding hydrogens is 448 g/mol. The number of para-hydroxylation sites is 1. The molecule has 0 aliphatic carbocycles. The largest absolute Gasteiger partial charge is 0.497 e. The lowest BCUT2D eigenvalue weighted by Crippen LogP contribution is -2.27. The molecule has 1 unspecified atom stereocenters. The SMILES string of the molecule is COc1ccc(Cn2c(SC(C)C(=O)Nc3cccc(C#N)c3)nc3ccccc3c2=O)cc1. The van der Waals surface area contributed by atoms with Crippen molar-refractivity contribution in [2.75, 3.05) is 12.4 Å². The van der Waals surface area contributed by atoms with Gasteiger partial charge in [-0.3, -0.25) is 14.2 Å². The van der Waals surface area contributed by atoms with E-state index in [4.69, 9.17) is 15.0 Å². The van der Waals surface area contributed by atoms with Crippen LogP contribution in [0.5, 0.6) is 5.75 Å². The molecule has 0 bridgehead atoms. The number of rotatable bonds is 7. The van der Waals surface area contributed by atoms with E-state index in [1.165, 1.54) is 11.8 Å². The summed E-state index contributed by atoms with van der Waals surface area (Å²) in [6.07, 6.45) is 0. The van der Waals surface area contributed by atoms with Crippen molar-refractivity contribution >= 4 is 34.3 Å². The summed E-state index contributed by atoms with van der Waals surface area (Å²) in [5, 5.41) is 12.3. The van der Waals surface area contributed by atoms with Gasteiger partial charge in [-0.2, -0.15) is 5.26 Å². The Morgan fingerprint density at radius 2 is 1.91 bits per heavy atom. The Hall–Kier alpha value is -4.09. The fourth-order valence-corrected chi connectivity index (χ4v) is 4.32. The highest BCUT2D eigenvalue weighted by Crippen LogP contribution is 2.25. The molecule has 1 amide bonds. The Morgan fingerprint density at radius 1 is 1.15 bits per heavy atom. The summed E-state index contributed by atoms with van der Waals surface area (Å²) in [7, 11) is 1.60. The summed E-state index contributed by atoms with van der Waals surface area (Å²) in [4.78, 5) is 30.9. The molecular formula is C26H22N4O3S. The van der Waals surface area contributed by atoms with Crippen LogP contribution in [0.1, 0.15) is 18.1 Å². The quantitative estimate of drug-likeness (QED) is 0.317. The van der Waals surface area contributed by atoms with Gasteiger partial charge < -0.3 is 10.1 Å². The first-order chi connectivity index (χ1) is 16.5. The highest BCUT2D eigenvalue weighted by Gasteiger charge is 2.20. The van der Waals surface area contributed by atoms with E-state index in [0.29, 0.717) is 33.9 Å². The number of benzene rings is 3. The molecule has 8 heteroatoms. The molecule has 0 spiro atoms. The number of ether oxygens (including phenoxy) is 1. The van der Waals surface area contributed by atoms with Crippen LogP contribution in [-0.2, 0) is 11.3 Å². The van der Waals surface area contributed by atoms with Crippen LogP contribution in [0.3, 0.4) is 0 Å². The third kappa shape index (κ3) is 5.11. The number of nitrogens with one attached hydrogen (secondary N) is 1. The highest BCUT2D eigenvalue weighted by molar-refractivity contribution is 8.00. The standard InChI is InChI=1S/C26H22N4O3S/c1-17(24(31)28-20-7-5-6-19(14-20)15-27)34-26-29-23-9-4-3-8-22(23)25(32)30(26)16-18-10-12-21(33-2)13-11-18/h3-14,17H,16H2,1-2H3,(H,28,31). The average molecular weight is 471 g/mol. The van der Waals surface area contributed by atoms with Crippen molar-refractivity contribution in [2.24, 2.45) is 0 Å². The van der Waals surface area contributed by atoms with Crippen LogP contribution in [0.15, 0.2) is 82.7 Å². The second-order valence-electron chi connectivity index (χ2n) is 7.59. The van der Waals surface area contributed by atoms with Gasteiger partial charge in [0.2, 0.25) is 5.91 Å². The first-order valence-electron chi connectivity index (χ1n) is 10.6. The molecule has 0 radical (unpaired) electrons. The molecule has 1 N–H and O–H groups in total. The van der Waals surface area contributed by atoms with Gasteiger partial charge >= 0.3 is 0 Å². The van der Waals surface area contributed by atoms with E-state index in [-0.39, 0.29) is 11.5 Å². The van der Waals surface area contributed by atoms with E-state index < -0.39 is 5.25 Å². The van der Waals surface area contributed by atoms with Gasteiger partial charge in [-0.05, 0) is 55.0 Å². The van der Waals surface area contributed by atoms with Gasteiger partial charge in [0.15, 0.2) is 5.16 Å². The predicted octanol–water partition coefficient (Wildman–Crippen LogP) is 4.44. The molecule has 1 aromatic heterocycles. The number of thioether (sulfide) groups is 1. The highest BCUT2D eigenvalue weighted by atomic mass is 32.2. The number of hydrogen-bond acceptors (Lipinski definition) is 6. The van der Waals surface area contributed by atoms with Gasteiger partial charge in [-0.25, -0.2) is 4.98 Å². The maximum Gasteiger partial charge on any atom is 0.262 e. The Labute approximate surface area is 201 Å². The molecule has 170 valence electrons. The van der Waals surface area contributed by atoms with E-state index in [1.54, 1.807) is 61.1 Å². The summed E-state index contributed by atoms with van der Waals surface area (Å²) in [5.74, 6) is 0.478. The number of hydrogen-bond donors (Lipinski definition) is 1. The Kier molecular flexibility index (Phi) is 6.95. The molecule has 1 atom stereocenters. The summed E-state index contributed by atoms with van der Waals surface area (Å²) in [6, 6.07) is 23.4. The van der Waals surface area contributed by atoms with Crippen molar-refractivity contribution in [3.63, 3.8) is 0 Å². The van der Waals surface area contributed by atoms with E-state index in [0.717, 1.165) is 11.3 Å². The fraction of sp³-hybridized carbons (Fsp3) is 0.154. The zero-order valence-electron chi connectivity index (χ0n) is 18.7. The number of methoxy groups -OCH3 is 1. The average Bonchev–Trinajstić information content (AvgIpc) is 2.86. The maximum atomic E-state index is 13.3. The van der Waals surface area contributed by atoms with Crippen molar-refractivity contribution < 1.29 is 9.53 Å². The minimum atomic E-state index is -0.541. The fourth-order valence-electron chi connectivity index (χ4n) is 3.41. The first kappa shape index (κ1) is 23.1. The molecule has 34 heavy (non-hydrogen) atoms. The second-order valence-corrected chi connectivity index (χ2v) is 8.90. The van der Waals surface area contributed by atoms with Crippen molar-refractivity contribution in [3.05, 3.63) is 94.3 Å². The van der Waals surface area contributed by atoms with Gasteiger partial charge in [0.05, 0.1) is 41.4 Å². The Balaban J connectivity index is 1.64. The van der Waals surface area contributed by atoms with Crippen LogP contribution >= 0.6 is 11.8 Å². The van der Waals surface area contributed by atoms with Gasteiger partial charge in [0.1, 0.15) is 5.75 Å². The topological polar surface area (TPSA) is 97.0 Å². The van der Waals surface area contributed by atoms with Gasteiger partial charge in [0.25, 0.3) is 5.56 Å². The minimum absolute atomic E-state index is 0.168. The van der Waals surface area contributed by atoms with E-state index in [2.05, 4.69) is 11.4 Å². The van der Waals surface area contributed by atoms with Crippen molar-refractivity contribution in [2.45, 2.75) is 23.9 Å². The van der Waals surface area contributed by atoms with Crippen LogP contribution in [-0.4, -0.2) is 27.8 Å². The van der Waals surface area contributed by atoms with E-state index >= 15 is 0 Å². The van der Waals surface area contributed by atoms with Crippen LogP contribution in [0.25, 0.3) is 10.9 Å². The van der Waals surface area contributed by atoms with Crippen molar-refractivity contribution in [3.8, 4) is 11.8 Å². The maximum absolute atomic E-state index is 13.3. The smallest absolute Gasteiger partial charge is 0.262 e. The number of nitriles is 1. The number of anilines is 1. The summed E-state index contributed by atoms with van der Waals surface area (Å²) >= 11 is 1.21. The van der Waals surface area contributed by atoms with Gasteiger partial charge in [-0.1, -0.05) is 42.1 Å². The lowest BCUT2D eigenvalue weighted by molar-refractivity contribution is -0.115. The van der Waals surface area contributed by atoms with Crippen molar-refractivity contribution in [1.29, 1.82) is 5.26 Å². The molecule has 0 saturated carbocycles. The summed E-state index contributed by atoms with van der Waals surface area (Å²) < 4.78 is 6.81. The number of carbonyl (C=O) groups is 1. The molecule has 0 saturated heterocycles. The summed E-state index contributed by atoms with van der Waals surface area (Å²) in [6.45, 7) is 2.06. The predicted molar refractivity (Wildman–Crippen MR) is 133 cm³/mol. The normalized spacial score (nSPS) is 11.6. The third-order valence-corrected chi connectivity index (χ3v) is 6.33. The number of aromatic nitrogens is 2. The third-order valence-electron chi connectivity index (χ3n) is 5.24. The van der Waals surface area contributed by atoms with E-state index in [9.17, 15) is 9.59 Å². The second kappa shape index (κ2) is 10.2. The zero-order chi connectivity index (χ0) is 24.1. The molecule has 0 aliphatic heterocycles. The van der Waals surface area contributed by atoms with Gasteiger partial charge in [0, 0.05) is 5.69 Å². The van der Waals surface area contributed by atoms with E-state index in [1.807, 2.05) is 30.3 Å². The van der Waals surface area contributed by atoms with Gasteiger partial charge in [-0.15, -0.1) is 0 Å². The van der Waals surface area contributed by atoms with Crippen LogP contribution < -0.4 is 15.6 Å². The number of fused-ring (bicyclic) bond motifs is 1. The molecule has 4 rings (SSSR count). The first-order valence-corrected chi connectivity index (χ1v) is 11.5. The Morgan fingerprint density at radius 3 is 2.65 bits per heavy atom. The molecule has 1 heterocycles. The number of carbonyl (C=O) groups excluding carboxylic acids is 1. The summed E-state index contributed by atoms with van der Waals surface area (Å²) in [5.41, 5.74) is 2.32. The molecule has 4 aromatic rings. The monoisotopic (exact) mass is 470 g/mol. The lowest BCUT2D eigenvalue weighted by atomic mass is 10.2. The molecule has 7 nitrogen and oxygen atoms in total. The zero-order valence-corrected chi connectivity index (χ0v) is 19.5. The Bertz CT molecular complexity index is 1440. The molecule has 0 aliphatic rings. The van der Waals surface area contributed by atoms with Crippen molar-refractivity contribution in [1.82, 2.24) is 9.55 Å². The molecule has 3 aromatic carbocycles. The number of amides is 1. The van der Waals surface area contributed by atoms with Crippen LogP contribution in [0, 0.1) is 11.3 Å². The number of nitrogens with zero attached hydrogens (tertiary/aromatic N) is 3.